The lowest BCUT2D eigenvalue weighted by Gasteiger charge is -2.07. The molecule has 106 valence electrons. The molecule has 20 heavy (non-hydrogen) atoms. The van der Waals surface area contributed by atoms with E-state index in [0.717, 1.165) is 0 Å². The number of aromatic nitrogens is 2. The van der Waals surface area contributed by atoms with Gasteiger partial charge in [-0.25, -0.2) is 4.63 Å². The average Bonchev–Trinajstić information content (AvgIpc) is 2.87. The van der Waals surface area contributed by atoms with Crippen molar-refractivity contribution >= 4 is 28.2 Å². The van der Waals surface area contributed by atoms with Crippen molar-refractivity contribution in [3.05, 3.63) is 22.2 Å². The first-order valence-corrected chi connectivity index (χ1v) is 6.17. The highest BCUT2D eigenvalue weighted by Crippen LogP contribution is 2.28. The molecular weight excluding hydrogens is 264 g/mol. The second-order valence-electron chi connectivity index (χ2n) is 4.65. The first-order chi connectivity index (χ1) is 9.50. The van der Waals surface area contributed by atoms with E-state index in [0.29, 0.717) is 18.7 Å². The van der Waals surface area contributed by atoms with Crippen molar-refractivity contribution < 1.29 is 14.3 Å². The van der Waals surface area contributed by atoms with Crippen LogP contribution in [0.3, 0.4) is 0 Å². The summed E-state index contributed by atoms with van der Waals surface area (Å²) in [5.74, 6) is 0.135. The molecule has 0 unspecified atom stereocenters. The van der Waals surface area contributed by atoms with E-state index in [9.17, 15) is 14.9 Å². The monoisotopic (exact) mass is 278 g/mol. The van der Waals surface area contributed by atoms with Crippen LogP contribution in [0.25, 0.3) is 11.0 Å². The number of ketones is 1. The minimum atomic E-state index is -0.543. The molecule has 1 heterocycles. The van der Waals surface area contributed by atoms with E-state index < -0.39 is 4.92 Å². The Kier molecular flexibility index (Phi) is 3.92. The maximum atomic E-state index is 11.5. The van der Waals surface area contributed by atoms with Crippen LogP contribution in [0.1, 0.15) is 20.3 Å². The normalized spacial score (nSPS) is 10.9. The summed E-state index contributed by atoms with van der Waals surface area (Å²) in [6.45, 7) is 4.11. The number of anilines is 1. The van der Waals surface area contributed by atoms with Crippen molar-refractivity contribution in [2.45, 2.75) is 20.3 Å². The van der Waals surface area contributed by atoms with Gasteiger partial charge in [0.05, 0.1) is 10.6 Å². The number of carbonyl (C=O) groups excluding carboxylic acids is 1. The third-order valence-corrected chi connectivity index (χ3v) is 2.92. The predicted molar refractivity (Wildman–Crippen MR) is 71.4 cm³/mol. The van der Waals surface area contributed by atoms with Crippen molar-refractivity contribution in [1.29, 1.82) is 0 Å². The molecule has 2 rings (SSSR count). The minimum Gasteiger partial charge on any atom is -0.383 e. The number of nitrogens with zero attached hydrogens (tertiary/aromatic N) is 3. The quantitative estimate of drug-likeness (QED) is 0.636. The van der Waals surface area contributed by atoms with E-state index in [1.807, 2.05) is 13.8 Å². The van der Waals surface area contributed by atoms with Crippen LogP contribution in [-0.4, -0.2) is 27.6 Å². The van der Waals surface area contributed by atoms with E-state index in [2.05, 4.69) is 20.3 Å². The molecular formula is C12H14N4O4. The van der Waals surface area contributed by atoms with Crippen LogP contribution >= 0.6 is 0 Å². The van der Waals surface area contributed by atoms with Gasteiger partial charge in [-0.1, -0.05) is 13.8 Å². The summed E-state index contributed by atoms with van der Waals surface area (Å²) >= 11 is 0. The molecule has 2 aromatic rings. The lowest BCUT2D eigenvalue weighted by atomic mass is 10.1. The topological polar surface area (TPSA) is 111 Å². The van der Waals surface area contributed by atoms with E-state index in [1.54, 1.807) is 0 Å². The Morgan fingerprint density at radius 1 is 1.40 bits per heavy atom. The zero-order chi connectivity index (χ0) is 14.7. The summed E-state index contributed by atoms with van der Waals surface area (Å²) in [5.41, 5.74) is 0.778. The van der Waals surface area contributed by atoms with E-state index in [-0.39, 0.29) is 28.4 Å². The van der Waals surface area contributed by atoms with Gasteiger partial charge in [0.15, 0.2) is 5.52 Å². The number of nitro groups is 1. The predicted octanol–water partition coefficient (Wildman–Crippen LogP) is 2.16. The summed E-state index contributed by atoms with van der Waals surface area (Å²) in [6.07, 6.45) is 0.376. The number of rotatable bonds is 6. The number of fused-ring (bicyclic) bond motifs is 1. The maximum absolute atomic E-state index is 11.5. The van der Waals surface area contributed by atoms with Crippen LogP contribution in [0, 0.1) is 16.0 Å². The molecule has 0 aliphatic rings. The number of carbonyl (C=O) groups is 1. The Morgan fingerprint density at radius 2 is 2.10 bits per heavy atom. The number of Topliss-reactive ketones (excluding diaryl/α,β-unsaturated/α-hetero) is 1. The van der Waals surface area contributed by atoms with Crippen LogP contribution in [0.15, 0.2) is 16.8 Å². The van der Waals surface area contributed by atoms with Gasteiger partial charge in [0.2, 0.25) is 5.52 Å². The molecule has 0 aliphatic carbocycles. The van der Waals surface area contributed by atoms with Crippen molar-refractivity contribution in [3.8, 4) is 0 Å². The summed E-state index contributed by atoms with van der Waals surface area (Å²) in [4.78, 5) is 21.8. The van der Waals surface area contributed by atoms with Gasteiger partial charge in [-0.05, 0) is 16.4 Å². The first kappa shape index (κ1) is 13.9. The molecule has 0 amide bonds. The minimum absolute atomic E-state index is 0.0117. The van der Waals surface area contributed by atoms with Crippen molar-refractivity contribution in [2.75, 3.05) is 11.9 Å². The zero-order valence-corrected chi connectivity index (χ0v) is 11.1. The van der Waals surface area contributed by atoms with Gasteiger partial charge >= 0.3 is 5.69 Å². The third-order valence-electron chi connectivity index (χ3n) is 2.92. The van der Waals surface area contributed by atoms with Gasteiger partial charge in [-0.3, -0.25) is 14.9 Å². The Bertz CT molecular complexity index is 650. The molecule has 1 aromatic heterocycles. The van der Waals surface area contributed by atoms with E-state index in [1.165, 1.54) is 12.1 Å². The molecule has 0 aliphatic heterocycles. The second-order valence-corrected chi connectivity index (χ2v) is 4.65. The first-order valence-electron chi connectivity index (χ1n) is 6.17. The molecule has 0 bridgehead atoms. The molecule has 0 fully saturated rings. The van der Waals surface area contributed by atoms with Crippen LogP contribution in [-0.2, 0) is 4.79 Å². The molecule has 8 heteroatoms. The van der Waals surface area contributed by atoms with Crippen molar-refractivity contribution in [2.24, 2.45) is 5.92 Å². The molecule has 0 saturated heterocycles. The van der Waals surface area contributed by atoms with Gasteiger partial charge in [-0.2, -0.15) is 0 Å². The number of non-ortho nitro benzene ring substituents is 1. The summed E-state index contributed by atoms with van der Waals surface area (Å²) in [5, 5.41) is 21.0. The molecule has 0 spiro atoms. The van der Waals surface area contributed by atoms with Gasteiger partial charge in [0.25, 0.3) is 0 Å². The lowest BCUT2D eigenvalue weighted by molar-refractivity contribution is -0.383. The summed E-state index contributed by atoms with van der Waals surface area (Å²) in [6, 6.07) is 2.86. The highest BCUT2D eigenvalue weighted by molar-refractivity contribution is 5.93. The van der Waals surface area contributed by atoms with Gasteiger partial charge < -0.3 is 5.32 Å². The van der Waals surface area contributed by atoms with Crippen LogP contribution in [0.2, 0.25) is 0 Å². The molecule has 0 radical (unpaired) electrons. The Morgan fingerprint density at radius 3 is 2.75 bits per heavy atom. The number of nitrogens with one attached hydrogen (secondary N) is 1. The van der Waals surface area contributed by atoms with Gasteiger partial charge in [0, 0.05) is 24.9 Å². The van der Waals surface area contributed by atoms with Crippen LogP contribution in [0.5, 0.6) is 0 Å². The highest BCUT2D eigenvalue weighted by Gasteiger charge is 2.19. The summed E-state index contributed by atoms with van der Waals surface area (Å²) < 4.78 is 4.55. The van der Waals surface area contributed by atoms with Crippen LogP contribution in [0.4, 0.5) is 11.4 Å². The Labute approximate surface area is 114 Å². The molecule has 0 atom stereocenters. The molecule has 1 aromatic carbocycles. The lowest BCUT2D eigenvalue weighted by Crippen LogP contribution is -2.13. The maximum Gasteiger partial charge on any atom is 0.300 e. The zero-order valence-electron chi connectivity index (χ0n) is 11.1. The van der Waals surface area contributed by atoms with Crippen molar-refractivity contribution in [3.63, 3.8) is 0 Å². The molecule has 8 nitrogen and oxygen atoms in total. The number of benzene rings is 1. The fourth-order valence-corrected chi connectivity index (χ4v) is 1.75. The average molecular weight is 278 g/mol. The SMILES string of the molecule is CC(C)C(=O)CCNc1ccc([N+](=O)[O-])c2nonc12. The Balaban J connectivity index is 2.16. The second kappa shape index (κ2) is 5.64. The standard InChI is InChI=1S/C12H14N4O4/c1-7(2)10(17)5-6-13-8-3-4-9(16(18)19)12-11(8)14-20-15-12/h3-4,7,13H,5-6H2,1-2H3. The van der Waals surface area contributed by atoms with Gasteiger partial charge in [-0.15, -0.1) is 0 Å². The highest BCUT2D eigenvalue weighted by atomic mass is 16.6. The number of nitro benzene ring substituents is 1. The molecule has 1 N–H and O–H groups in total. The van der Waals surface area contributed by atoms with Crippen molar-refractivity contribution in [1.82, 2.24) is 10.3 Å². The fourth-order valence-electron chi connectivity index (χ4n) is 1.75. The summed E-state index contributed by atoms with van der Waals surface area (Å²) in [7, 11) is 0. The van der Waals surface area contributed by atoms with Crippen LogP contribution < -0.4 is 5.32 Å². The van der Waals surface area contributed by atoms with E-state index >= 15 is 0 Å². The fraction of sp³-hybridized carbons (Fsp3) is 0.417. The van der Waals surface area contributed by atoms with Gasteiger partial charge in [0.1, 0.15) is 5.78 Å². The smallest absolute Gasteiger partial charge is 0.300 e. The third kappa shape index (κ3) is 2.73. The van der Waals surface area contributed by atoms with E-state index in [4.69, 9.17) is 0 Å². The number of hydrogen-bond donors (Lipinski definition) is 1. The largest absolute Gasteiger partial charge is 0.383 e. The molecule has 0 saturated carbocycles. The number of hydrogen-bond acceptors (Lipinski definition) is 7. The Hall–Kier alpha value is -2.51.